The first kappa shape index (κ1) is 17.8. The molecule has 0 radical (unpaired) electrons. The number of sulfonamides is 1. The summed E-state index contributed by atoms with van der Waals surface area (Å²) in [6.45, 7) is 3.19. The molecule has 1 atom stereocenters. The highest BCUT2D eigenvalue weighted by Crippen LogP contribution is 2.28. The van der Waals surface area contributed by atoms with Crippen molar-refractivity contribution in [2.75, 3.05) is 19.6 Å². The minimum Gasteiger partial charge on any atom is -0.337 e. The van der Waals surface area contributed by atoms with Crippen molar-refractivity contribution in [3.63, 3.8) is 0 Å². The van der Waals surface area contributed by atoms with Crippen molar-refractivity contribution in [1.82, 2.24) is 19.2 Å². The van der Waals surface area contributed by atoms with E-state index in [2.05, 4.69) is 10.3 Å². The number of ketones is 1. The van der Waals surface area contributed by atoms with Gasteiger partial charge in [0.05, 0.1) is 10.9 Å². The lowest BCUT2D eigenvalue weighted by Crippen LogP contribution is -2.49. The summed E-state index contributed by atoms with van der Waals surface area (Å²) < 4.78 is 29.7. The van der Waals surface area contributed by atoms with Gasteiger partial charge in [-0.25, -0.2) is 13.4 Å². The molecular formula is C17H22N4O3S. The van der Waals surface area contributed by atoms with Crippen LogP contribution in [0.25, 0.3) is 0 Å². The number of benzene rings is 1. The lowest BCUT2D eigenvalue weighted by atomic mass is 10.1. The second-order valence-corrected chi connectivity index (χ2v) is 7.93. The molecule has 1 aliphatic rings. The van der Waals surface area contributed by atoms with Crippen molar-refractivity contribution in [1.29, 1.82) is 0 Å². The standard InChI is InChI=1S/C17H22N4O3S/c1-3-16(22)13-5-4-6-14(11-13)25(23,24)21-10-7-18-12-15(21)17-19-8-9-20(17)2/h4-6,8-9,11,15,18H,3,7,10,12H2,1-2H3. The molecule has 1 aromatic heterocycles. The van der Waals surface area contributed by atoms with Crippen molar-refractivity contribution >= 4 is 15.8 Å². The van der Waals surface area contributed by atoms with Crippen molar-refractivity contribution in [3.05, 3.63) is 48.0 Å². The first-order chi connectivity index (χ1) is 11.9. The van der Waals surface area contributed by atoms with E-state index in [-0.39, 0.29) is 16.7 Å². The van der Waals surface area contributed by atoms with Crippen LogP contribution >= 0.6 is 0 Å². The van der Waals surface area contributed by atoms with Crippen molar-refractivity contribution in [3.8, 4) is 0 Å². The average Bonchev–Trinajstić information content (AvgIpc) is 3.07. The van der Waals surface area contributed by atoms with Gasteiger partial charge in [0.2, 0.25) is 10.0 Å². The third kappa shape index (κ3) is 3.37. The number of aryl methyl sites for hydroxylation is 1. The Balaban J connectivity index is 2.00. The van der Waals surface area contributed by atoms with E-state index in [0.717, 1.165) is 0 Å². The molecule has 0 amide bonds. The number of rotatable bonds is 5. The Labute approximate surface area is 147 Å². The molecule has 1 fully saturated rings. The van der Waals surface area contributed by atoms with Gasteiger partial charge in [-0.15, -0.1) is 0 Å². The van der Waals surface area contributed by atoms with Crippen LogP contribution in [0.3, 0.4) is 0 Å². The summed E-state index contributed by atoms with van der Waals surface area (Å²) >= 11 is 0. The molecule has 0 bridgehead atoms. The van der Waals surface area contributed by atoms with E-state index >= 15 is 0 Å². The summed E-state index contributed by atoms with van der Waals surface area (Å²) in [5, 5.41) is 3.23. The zero-order valence-corrected chi connectivity index (χ0v) is 15.2. The summed E-state index contributed by atoms with van der Waals surface area (Å²) in [6.07, 6.45) is 3.80. The molecule has 25 heavy (non-hydrogen) atoms. The fraction of sp³-hybridized carbons (Fsp3) is 0.412. The maximum atomic E-state index is 13.2. The molecule has 134 valence electrons. The van der Waals surface area contributed by atoms with Crippen LogP contribution in [0.1, 0.15) is 35.6 Å². The Morgan fingerprint density at radius 1 is 1.40 bits per heavy atom. The first-order valence-electron chi connectivity index (χ1n) is 8.28. The molecule has 1 saturated heterocycles. The van der Waals surface area contributed by atoms with Gasteiger partial charge in [-0.05, 0) is 12.1 Å². The largest absolute Gasteiger partial charge is 0.337 e. The first-order valence-corrected chi connectivity index (χ1v) is 9.72. The topological polar surface area (TPSA) is 84.3 Å². The highest BCUT2D eigenvalue weighted by atomic mass is 32.2. The summed E-state index contributed by atoms with van der Waals surface area (Å²) in [4.78, 5) is 16.4. The Hall–Kier alpha value is -2.03. The third-order valence-corrected chi connectivity index (χ3v) is 6.34. The monoisotopic (exact) mass is 362 g/mol. The Bertz CT molecular complexity index is 876. The van der Waals surface area contributed by atoms with Crippen molar-refractivity contribution in [2.45, 2.75) is 24.3 Å². The number of aromatic nitrogens is 2. The van der Waals surface area contributed by atoms with Gasteiger partial charge in [-0.2, -0.15) is 4.31 Å². The third-order valence-electron chi connectivity index (χ3n) is 4.43. The minimum absolute atomic E-state index is 0.0713. The van der Waals surface area contributed by atoms with E-state index in [1.54, 1.807) is 37.5 Å². The van der Waals surface area contributed by atoms with Crippen molar-refractivity contribution < 1.29 is 13.2 Å². The van der Waals surface area contributed by atoms with Crippen LogP contribution in [0, 0.1) is 0 Å². The molecule has 2 aromatic rings. The molecule has 0 saturated carbocycles. The van der Waals surface area contributed by atoms with Crippen LogP contribution in [-0.2, 0) is 17.1 Å². The maximum absolute atomic E-state index is 13.2. The number of Topliss-reactive ketones (excluding diaryl/α,β-unsaturated/α-hetero) is 1. The lowest BCUT2D eigenvalue weighted by molar-refractivity contribution is 0.0988. The number of imidazole rings is 1. The van der Waals surface area contributed by atoms with E-state index in [1.807, 2.05) is 11.6 Å². The second-order valence-electron chi connectivity index (χ2n) is 6.04. The number of nitrogens with zero attached hydrogens (tertiary/aromatic N) is 3. The number of hydrogen-bond acceptors (Lipinski definition) is 5. The second kappa shape index (κ2) is 7.07. The van der Waals surface area contributed by atoms with E-state index in [4.69, 9.17) is 0 Å². The van der Waals surface area contributed by atoms with Gasteiger partial charge in [0, 0.05) is 51.1 Å². The molecule has 0 aliphatic carbocycles. The average molecular weight is 362 g/mol. The molecule has 3 rings (SSSR count). The smallest absolute Gasteiger partial charge is 0.243 e. The zero-order chi connectivity index (χ0) is 18.0. The normalized spacial score (nSPS) is 19.0. The van der Waals surface area contributed by atoms with E-state index in [9.17, 15) is 13.2 Å². The van der Waals surface area contributed by atoms with Gasteiger partial charge in [-0.3, -0.25) is 4.79 Å². The van der Waals surface area contributed by atoms with E-state index in [1.165, 1.54) is 10.4 Å². The number of hydrogen-bond donors (Lipinski definition) is 1. The highest BCUT2D eigenvalue weighted by Gasteiger charge is 2.36. The molecule has 1 aliphatic heterocycles. The minimum atomic E-state index is -3.73. The van der Waals surface area contributed by atoms with Crippen LogP contribution in [-0.4, -0.2) is 47.7 Å². The van der Waals surface area contributed by atoms with Crippen molar-refractivity contribution in [2.24, 2.45) is 7.05 Å². The lowest BCUT2D eigenvalue weighted by Gasteiger charge is -2.34. The predicted octanol–water partition coefficient (Wildman–Crippen LogP) is 1.35. The van der Waals surface area contributed by atoms with Gasteiger partial charge in [0.25, 0.3) is 0 Å². The van der Waals surface area contributed by atoms with Gasteiger partial charge in [0.1, 0.15) is 5.82 Å². The number of nitrogens with one attached hydrogen (secondary N) is 1. The molecule has 0 spiro atoms. The van der Waals surface area contributed by atoms with Gasteiger partial charge >= 0.3 is 0 Å². The number of carbonyl (C=O) groups excluding carboxylic acids is 1. The number of carbonyl (C=O) groups is 1. The Morgan fingerprint density at radius 2 is 2.20 bits per heavy atom. The van der Waals surface area contributed by atoms with Gasteiger partial charge in [0.15, 0.2) is 5.78 Å². The molecule has 7 nitrogen and oxygen atoms in total. The van der Waals surface area contributed by atoms with Crippen LogP contribution in [0.5, 0.6) is 0 Å². The van der Waals surface area contributed by atoms with E-state index < -0.39 is 10.0 Å². The Morgan fingerprint density at radius 3 is 2.88 bits per heavy atom. The van der Waals surface area contributed by atoms with Gasteiger partial charge < -0.3 is 9.88 Å². The van der Waals surface area contributed by atoms with Crippen LogP contribution in [0.2, 0.25) is 0 Å². The van der Waals surface area contributed by atoms with Crippen LogP contribution < -0.4 is 5.32 Å². The quantitative estimate of drug-likeness (QED) is 0.812. The molecule has 1 N–H and O–H groups in total. The summed E-state index contributed by atoms with van der Waals surface area (Å²) in [5.41, 5.74) is 0.423. The fourth-order valence-electron chi connectivity index (χ4n) is 3.06. The molecule has 8 heteroatoms. The summed E-state index contributed by atoms with van der Waals surface area (Å²) in [5.74, 6) is 0.620. The predicted molar refractivity (Wildman–Crippen MR) is 93.8 cm³/mol. The van der Waals surface area contributed by atoms with Crippen LogP contribution in [0.15, 0.2) is 41.6 Å². The molecular weight excluding hydrogens is 340 g/mol. The Kier molecular flexibility index (Phi) is 5.03. The number of piperazine rings is 1. The fourth-order valence-corrected chi connectivity index (χ4v) is 4.69. The SMILES string of the molecule is CCC(=O)c1cccc(S(=O)(=O)N2CCNCC2c2nccn2C)c1. The summed E-state index contributed by atoms with van der Waals surface area (Å²) in [6, 6.07) is 5.90. The zero-order valence-electron chi connectivity index (χ0n) is 14.3. The molecule has 1 unspecified atom stereocenters. The molecule has 2 heterocycles. The maximum Gasteiger partial charge on any atom is 0.243 e. The summed E-state index contributed by atoms with van der Waals surface area (Å²) in [7, 11) is -1.88. The van der Waals surface area contributed by atoms with Gasteiger partial charge in [-0.1, -0.05) is 19.1 Å². The van der Waals surface area contributed by atoms with Crippen LogP contribution in [0.4, 0.5) is 0 Å². The molecule has 1 aromatic carbocycles. The highest BCUT2D eigenvalue weighted by molar-refractivity contribution is 7.89. The van der Waals surface area contributed by atoms with E-state index in [0.29, 0.717) is 37.4 Å².